The number of ether oxygens (including phenoxy) is 1. The SMILES string of the molecule is Cc1ccc(Oc2cc(CSP3OCCCO3)ccc2[N+](=O)[O-])cc1. The maximum atomic E-state index is 11.3. The van der Waals surface area contributed by atoms with Gasteiger partial charge in [0.05, 0.1) is 18.1 Å². The molecule has 1 saturated heterocycles. The van der Waals surface area contributed by atoms with Crippen LogP contribution in [0.5, 0.6) is 11.5 Å². The van der Waals surface area contributed by atoms with Crippen molar-refractivity contribution in [1.29, 1.82) is 0 Å². The van der Waals surface area contributed by atoms with Gasteiger partial charge in [-0.2, -0.15) is 0 Å². The molecule has 0 spiro atoms. The van der Waals surface area contributed by atoms with Gasteiger partial charge in [0.2, 0.25) is 13.3 Å². The zero-order chi connectivity index (χ0) is 17.6. The summed E-state index contributed by atoms with van der Waals surface area (Å²) >= 11 is 1.58. The highest BCUT2D eigenvalue weighted by Crippen LogP contribution is 2.55. The van der Waals surface area contributed by atoms with Gasteiger partial charge in [0.15, 0.2) is 0 Å². The minimum atomic E-state index is -0.935. The lowest BCUT2D eigenvalue weighted by Gasteiger charge is -2.20. The first-order valence-corrected chi connectivity index (χ1v) is 10.6. The summed E-state index contributed by atoms with van der Waals surface area (Å²) in [4.78, 5) is 10.8. The van der Waals surface area contributed by atoms with Gasteiger partial charge in [-0.25, -0.2) is 0 Å². The first-order valence-electron chi connectivity index (χ1n) is 7.82. The van der Waals surface area contributed by atoms with Gasteiger partial charge in [0.25, 0.3) is 0 Å². The fourth-order valence-corrected chi connectivity index (χ4v) is 5.06. The summed E-state index contributed by atoms with van der Waals surface area (Å²) in [6.45, 7) is 3.42. The predicted octanol–water partition coefficient (Wildman–Crippen LogP) is 5.59. The Bertz CT molecular complexity index is 734. The van der Waals surface area contributed by atoms with Gasteiger partial charge in [0.1, 0.15) is 5.75 Å². The lowest BCUT2D eigenvalue weighted by Crippen LogP contribution is -2.03. The quantitative estimate of drug-likeness (QED) is 0.370. The molecular formula is C17H18NO5PS. The third-order valence-electron chi connectivity index (χ3n) is 3.49. The molecule has 0 N–H and O–H groups in total. The molecule has 25 heavy (non-hydrogen) atoms. The van der Waals surface area contributed by atoms with Gasteiger partial charge >= 0.3 is 5.69 Å². The van der Waals surface area contributed by atoms with Crippen LogP contribution in [0.3, 0.4) is 0 Å². The molecule has 0 bridgehead atoms. The van der Waals surface area contributed by atoms with Crippen LogP contribution >= 0.6 is 19.0 Å². The van der Waals surface area contributed by atoms with E-state index in [1.807, 2.05) is 19.1 Å². The van der Waals surface area contributed by atoms with Crippen molar-refractivity contribution >= 4 is 24.6 Å². The minimum absolute atomic E-state index is 0.0507. The molecular weight excluding hydrogens is 361 g/mol. The van der Waals surface area contributed by atoms with Crippen LogP contribution in [0.4, 0.5) is 5.69 Å². The van der Waals surface area contributed by atoms with Crippen molar-refractivity contribution in [3.8, 4) is 11.5 Å². The maximum Gasteiger partial charge on any atom is 0.311 e. The van der Waals surface area contributed by atoms with E-state index in [0.717, 1.165) is 30.8 Å². The number of nitro benzene ring substituents is 1. The molecule has 0 aliphatic carbocycles. The summed E-state index contributed by atoms with van der Waals surface area (Å²) < 4.78 is 16.9. The molecule has 8 heteroatoms. The van der Waals surface area contributed by atoms with Crippen LogP contribution in [-0.2, 0) is 14.8 Å². The summed E-state index contributed by atoms with van der Waals surface area (Å²) in [6.07, 6.45) is 0.922. The van der Waals surface area contributed by atoms with Crippen LogP contribution in [0.15, 0.2) is 42.5 Å². The second-order valence-corrected chi connectivity index (χ2v) is 8.67. The lowest BCUT2D eigenvalue weighted by atomic mass is 10.2. The van der Waals surface area contributed by atoms with Gasteiger partial charge in [-0.1, -0.05) is 35.1 Å². The largest absolute Gasteiger partial charge is 0.450 e. The summed E-state index contributed by atoms with van der Waals surface area (Å²) in [6, 6.07) is 12.3. The van der Waals surface area contributed by atoms with Crippen LogP contribution < -0.4 is 4.74 Å². The molecule has 132 valence electrons. The van der Waals surface area contributed by atoms with Crippen LogP contribution in [0, 0.1) is 17.0 Å². The highest BCUT2D eigenvalue weighted by molar-refractivity contribution is 8.52. The van der Waals surface area contributed by atoms with Crippen LogP contribution in [0.25, 0.3) is 0 Å². The third kappa shape index (κ3) is 5.16. The van der Waals surface area contributed by atoms with Crippen molar-refractivity contribution in [2.45, 2.75) is 19.1 Å². The molecule has 1 fully saturated rings. The topological polar surface area (TPSA) is 70.8 Å². The number of aryl methyl sites for hydroxylation is 1. The zero-order valence-corrected chi connectivity index (χ0v) is 15.4. The molecule has 1 heterocycles. The minimum Gasteiger partial charge on any atom is -0.450 e. The lowest BCUT2D eigenvalue weighted by molar-refractivity contribution is -0.385. The van der Waals surface area contributed by atoms with E-state index in [0.29, 0.717) is 11.5 Å². The Morgan fingerprint density at radius 3 is 2.60 bits per heavy atom. The first-order chi connectivity index (χ1) is 12.1. The fraction of sp³-hybridized carbons (Fsp3) is 0.294. The van der Waals surface area contributed by atoms with Gasteiger partial charge in [0, 0.05) is 11.8 Å². The highest BCUT2D eigenvalue weighted by Gasteiger charge is 2.19. The Balaban J connectivity index is 1.74. The zero-order valence-electron chi connectivity index (χ0n) is 13.7. The average molecular weight is 379 g/mol. The molecule has 3 rings (SSSR count). The van der Waals surface area contributed by atoms with Crippen molar-refractivity contribution in [3.63, 3.8) is 0 Å². The summed E-state index contributed by atoms with van der Waals surface area (Å²) in [5.74, 6) is 1.46. The predicted molar refractivity (Wildman–Crippen MR) is 99.1 cm³/mol. The summed E-state index contributed by atoms with van der Waals surface area (Å²) in [7, 11) is -0.935. The number of hydrogen-bond donors (Lipinski definition) is 0. The van der Waals surface area contributed by atoms with Crippen LogP contribution in [0.1, 0.15) is 17.5 Å². The molecule has 0 saturated carbocycles. The van der Waals surface area contributed by atoms with Crippen LogP contribution in [-0.4, -0.2) is 18.1 Å². The fourth-order valence-electron chi connectivity index (χ4n) is 2.19. The van der Waals surface area contributed by atoms with Crippen LogP contribution in [0.2, 0.25) is 0 Å². The van der Waals surface area contributed by atoms with Gasteiger partial charge in [-0.05, 0) is 37.1 Å². The Morgan fingerprint density at radius 2 is 1.92 bits per heavy atom. The van der Waals surface area contributed by atoms with E-state index in [4.69, 9.17) is 13.8 Å². The first kappa shape index (κ1) is 18.1. The monoisotopic (exact) mass is 379 g/mol. The molecule has 1 aliphatic rings. The molecule has 0 radical (unpaired) electrons. The van der Waals surface area contributed by atoms with E-state index in [1.165, 1.54) is 6.07 Å². The van der Waals surface area contributed by atoms with E-state index < -0.39 is 12.5 Å². The van der Waals surface area contributed by atoms with E-state index in [-0.39, 0.29) is 11.4 Å². The van der Waals surface area contributed by atoms with Gasteiger partial charge in [-0.15, -0.1) is 0 Å². The molecule has 0 aromatic heterocycles. The molecule has 2 aromatic carbocycles. The summed E-state index contributed by atoms with van der Waals surface area (Å²) in [5.41, 5.74) is 1.98. The van der Waals surface area contributed by atoms with E-state index in [9.17, 15) is 10.1 Å². The molecule has 2 aromatic rings. The number of rotatable bonds is 6. The van der Waals surface area contributed by atoms with E-state index in [1.54, 1.807) is 35.6 Å². The smallest absolute Gasteiger partial charge is 0.311 e. The van der Waals surface area contributed by atoms with E-state index >= 15 is 0 Å². The molecule has 6 nitrogen and oxygen atoms in total. The van der Waals surface area contributed by atoms with Crippen molar-refractivity contribution < 1.29 is 18.7 Å². The molecule has 0 unspecified atom stereocenters. The van der Waals surface area contributed by atoms with Crippen molar-refractivity contribution in [2.75, 3.05) is 13.2 Å². The Hall–Kier alpha value is -1.66. The maximum absolute atomic E-state index is 11.3. The van der Waals surface area contributed by atoms with Crippen molar-refractivity contribution in [3.05, 3.63) is 63.7 Å². The highest BCUT2D eigenvalue weighted by atomic mass is 32.7. The Morgan fingerprint density at radius 1 is 1.20 bits per heavy atom. The molecule has 0 amide bonds. The number of benzene rings is 2. The van der Waals surface area contributed by atoms with Crippen molar-refractivity contribution in [1.82, 2.24) is 0 Å². The standard InChI is InChI=1S/C17H18NO5PS/c1-13-3-6-15(7-4-13)23-17-11-14(5-8-16(17)18(19)20)12-25-24-21-9-2-10-22-24/h3-8,11H,2,9-10,12H2,1H3. The molecule has 0 atom stereocenters. The number of nitrogens with zero attached hydrogens (tertiary/aromatic N) is 1. The van der Waals surface area contributed by atoms with Gasteiger partial charge in [-0.3, -0.25) is 10.1 Å². The average Bonchev–Trinajstić information content (AvgIpc) is 2.63. The Labute approximate surface area is 151 Å². The normalized spacial score (nSPS) is 15.1. The van der Waals surface area contributed by atoms with Crippen molar-refractivity contribution in [2.24, 2.45) is 0 Å². The van der Waals surface area contributed by atoms with Gasteiger partial charge < -0.3 is 13.8 Å². The second-order valence-electron chi connectivity index (χ2n) is 5.49. The second kappa shape index (κ2) is 8.63. The number of nitro groups is 1. The summed E-state index contributed by atoms with van der Waals surface area (Å²) in [5, 5.41) is 11.3. The molecule has 1 aliphatic heterocycles. The third-order valence-corrected chi connectivity index (χ3v) is 6.60. The van der Waals surface area contributed by atoms with E-state index in [2.05, 4.69) is 0 Å². The number of hydrogen-bond acceptors (Lipinski definition) is 6. The Kier molecular flexibility index (Phi) is 6.26.